The molecule has 0 fully saturated rings. The van der Waals surface area contributed by atoms with E-state index in [1.54, 1.807) is 19.1 Å². The number of H-pyrrole nitrogens is 1. The van der Waals surface area contributed by atoms with Crippen LogP contribution in [0.25, 0.3) is 33.1 Å². The second kappa shape index (κ2) is 5.95. The summed E-state index contributed by atoms with van der Waals surface area (Å²) >= 11 is 0. The Bertz CT molecular complexity index is 1250. The summed E-state index contributed by atoms with van der Waals surface area (Å²) in [5, 5.41) is 2.14. The molecule has 0 aliphatic heterocycles. The van der Waals surface area contributed by atoms with Gasteiger partial charge in [0.05, 0.1) is 16.2 Å². The lowest BCUT2D eigenvalue weighted by atomic mass is 9.97. The van der Waals surface area contributed by atoms with Gasteiger partial charge in [-0.15, -0.1) is 0 Å². The molecule has 26 heavy (non-hydrogen) atoms. The van der Waals surface area contributed by atoms with Crippen molar-refractivity contribution in [2.45, 2.75) is 25.7 Å². The molecule has 0 bridgehead atoms. The van der Waals surface area contributed by atoms with Gasteiger partial charge in [0.15, 0.2) is 9.84 Å². The van der Waals surface area contributed by atoms with Crippen molar-refractivity contribution in [3.8, 4) is 11.1 Å². The van der Waals surface area contributed by atoms with Gasteiger partial charge in [0.1, 0.15) is 5.65 Å². The van der Waals surface area contributed by atoms with E-state index in [4.69, 9.17) is 0 Å². The number of hydrogen-bond donors (Lipinski definition) is 1. The fraction of sp³-hybridized carbons (Fsp3) is 0.190. The summed E-state index contributed by atoms with van der Waals surface area (Å²) in [7, 11) is -3.25. The number of aromatic nitrogens is 2. The Hall–Kier alpha value is -2.66. The number of rotatable bonds is 3. The second-order valence-corrected chi connectivity index (χ2v) is 8.92. The molecule has 0 radical (unpaired) electrons. The number of pyridine rings is 1. The Morgan fingerprint density at radius 2 is 1.88 bits per heavy atom. The average molecular weight is 364 g/mol. The molecule has 0 aliphatic carbocycles. The molecule has 0 saturated carbocycles. The summed E-state index contributed by atoms with van der Waals surface area (Å²) in [5.74, 6) is 0.0932. The van der Waals surface area contributed by atoms with Gasteiger partial charge in [-0.1, -0.05) is 31.2 Å². The first-order valence-corrected chi connectivity index (χ1v) is 10.3. The van der Waals surface area contributed by atoms with Crippen molar-refractivity contribution in [3.05, 3.63) is 59.8 Å². The Morgan fingerprint density at radius 3 is 2.65 bits per heavy atom. The lowest BCUT2D eigenvalue weighted by Gasteiger charge is -2.09. The Labute approximate surface area is 152 Å². The first-order chi connectivity index (χ1) is 12.4. The average Bonchev–Trinajstić information content (AvgIpc) is 3.02. The maximum atomic E-state index is 12.3. The molecule has 0 unspecified atom stereocenters. The normalized spacial score (nSPS) is 12.1. The van der Waals surface area contributed by atoms with Gasteiger partial charge in [-0.2, -0.15) is 0 Å². The largest absolute Gasteiger partial charge is 0.339 e. The molecule has 0 atom stereocenters. The van der Waals surface area contributed by atoms with E-state index in [1.807, 2.05) is 25.3 Å². The van der Waals surface area contributed by atoms with Crippen molar-refractivity contribution < 1.29 is 8.42 Å². The first-order valence-electron chi connectivity index (χ1n) is 8.61. The van der Waals surface area contributed by atoms with Crippen molar-refractivity contribution in [2.75, 3.05) is 5.75 Å². The molecule has 2 aromatic heterocycles. The lowest BCUT2D eigenvalue weighted by Crippen LogP contribution is -2.03. The number of aromatic amines is 1. The number of sulfone groups is 1. The van der Waals surface area contributed by atoms with Crippen LogP contribution < -0.4 is 0 Å². The molecule has 0 saturated heterocycles. The highest BCUT2D eigenvalue weighted by atomic mass is 32.2. The Morgan fingerprint density at radius 1 is 1.08 bits per heavy atom. The predicted molar refractivity (Wildman–Crippen MR) is 106 cm³/mol. The third-order valence-corrected chi connectivity index (χ3v) is 6.57. The van der Waals surface area contributed by atoms with Gasteiger partial charge < -0.3 is 4.98 Å². The number of fused-ring (bicyclic) bond motifs is 3. The third-order valence-electron chi connectivity index (χ3n) is 4.84. The number of nitrogens with zero attached hydrogens (tertiary/aromatic N) is 1. The van der Waals surface area contributed by atoms with E-state index in [9.17, 15) is 8.42 Å². The van der Waals surface area contributed by atoms with Crippen molar-refractivity contribution >= 4 is 31.8 Å². The minimum absolute atomic E-state index is 0.0932. The topological polar surface area (TPSA) is 62.8 Å². The minimum Gasteiger partial charge on any atom is -0.339 e. The van der Waals surface area contributed by atoms with Crippen LogP contribution in [0, 0.1) is 13.8 Å². The summed E-state index contributed by atoms with van der Waals surface area (Å²) < 4.78 is 24.6. The molecular weight excluding hydrogens is 344 g/mol. The summed E-state index contributed by atoms with van der Waals surface area (Å²) in [6, 6.07) is 13.4. The van der Waals surface area contributed by atoms with Crippen LogP contribution in [0.15, 0.2) is 53.6 Å². The lowest BCUT2D eigenvalue weighted by molar-refractivity contribution is 0.597. The van der Waals surface area contributed by atoms with Gasteiger partial charge in [0.2, 0.25) is 0 Å². The highest BCUT2D eigenvalue weighted by Crippen LogP contribution is 2.36. The molecule has 132 valence electrons. The molecule has 4 nitrogen and oxygen atoms in total. The molecule has 0 spiro atoms. The summed E-state index contributed by atoms with van der Waals surface area (Å²) in [5.41, 5.74) is 6.02. The monoisotopic (exact) mass is 364 g/mol. The van der Waals surface area contributed by atoms with E-state index in [1.165, 1.54) is 0 Å². The van der Waals surface area contributed by atoms with Gasteiger partial charge in [-0.3, -0.25) is 0 Å². The predicted octanol–water partition coefficient (Wildman–Crippen LogP) is 4.79. The second-order valence-electron chi connectivity index (χ2n) is 6.65. The van der Waals surface area contributed by atoms with Crippen molar-refractivity contribution in [2.24, 2.45) is 0 Å². The van der Waals surface area contributed by atoms with Gasteiger partial charge in [-0.05, 0) is 54.3 Å². The van der Waals surface area contributed by atoms with E-state index in [2.05, 4.69) is 35.1 Å². The molecule has 4 rings (SSSR count). The van der Waals surface area contributed by atoms with E-state index in [-0.39, 0.29) is 5.75 Å². The van der Waals surface area contributed by atoms with Crippen LogP contribution in [0.3, 0.4) is 0 Å². The molecular formula is C21H20N2O2S. The van der Waals surface area contributed by atoms with Crippen LogP contribution in [-0.2, 0) is 9.84 Å². The van der Waals surface area contributed by atoms with E-state index in [0.29, 0.717) is 4.90 Å². The molecule has 0 amide bonds. The fourth-order valence-electron chi connectivity index (χ4n) is 3.39. The molecule has 5 heteroatoms. The van der Waals surface area contributed by atoms with Crippen LogP contribution >= 0.6 is 0 Å². The summed E-state index contributed by atoms with van der Waals surface area (Å²) in [6.45, 7) is 5.75. The van der Waals surface area contributed by atoms with Crippen LogP contribution in [0.2, 0.25) is 0 Å². The van der Waals surface area contributed by atoms with Crippen LogP contribution in [0.4, 0.5) is 0 Å². The van der Waals surface area contributed by atoms with Crippen molar-refractivity contribution in [1.29, 1.82) is 0 Å². The highest BCUT2D eigenvalue weighted by molar-refractivity contribution is 7.91. The van der Waals surface area contributed by atoms with Crippen molar-refractivity contribution in [3.63, 3.8) is 0 Å². The van der Waals surface area contributed by atoms with Crippen LogP contribution in [0.1, 0.15) is 18.1 Å². The van der Waals surface area contributed by atoms with Crippen molar-refractivity contribution in [1.82, 2.24) is 9.97 Å². The fourth-order valence-corrected chi connectivity index (χ4v) is 4.32. The SMILES string of the molecule is CCS(=O)(=O)c1cccc(-c2ccc(C)c3[nH]c4ncc(C)cc4c23)c1. The van der Waals surface area contributed by atoms with Gasteiger partial charge in [-0.25, -0.2) is 13.4 Å². The number of nitrogens with one attached hydrogen (secondary N) is 1. The standard InChI is InChI=1S/C21H20N2O2S/c1-4-26(24,25)16-7-5-6-15(11-16)17-9-8-14(3)20-19(17)18-10-13(2)12-22-21(18)23-20/h5-12H,4H2,1-3H3,(H,22,23). The maximum Gasteiger partial charge on any atom is 0.178 e. The molecule has 2 aromatic carbocycles. The van der Waals surface area contributed by atoms with Gasteiger partial charge >= 0.3 is 0 Å². The molecule has 2 heterocycles. The smallest absolute Gasteiger partial charge is 0.178 e. The van der Waals surface area contributed by atoms with Crippen LogP contribution in [0.5, 0.6) is 0 Å². The summed E-state index contributed by atoms with van der Waals surface area (Å²) in [6.07, 6.45) is 1.85. The van der Waals surface area contributed by atoms with Crippen LogP contribution in [-0.4, -0.2) is 24.1 Å². The Balaban J connectivity index is 2.07. The zero-order valence-electron chi connectivity index (χ0n) is 15.0. The zero-order chi connectivity index (χ0) is 18.5. The van der Waals surface area contributed by atoms with E-state index >= 15 is 0 Å². The maximum absolute atomic E-state index is 12.3. The minimum atomic E-state index is -3.25. The third kappa shape index (κ3) is 2.59. The molecule has 0 aliphatic rings. The van der Waals surface area contributed by atoms with Gasteiger partial charge in [0, 0.05) is 17.0 Å². The Kier molecular flexibility index (Phi) is 3.84. The number of benzene rings is 2. The van der Waals surface area contributed by atoms with E-state index < -0.39 is 9.84 Å². The molecule has 4 aromatic rings. The first kappa shape index (κ1) is 16.8. The molecule has 1 N–H and O–H groups in total. The van der Waals surface area contributed by atoms with Gasteiger partial charge in [0.25, 0.3) is 0 Å². The highest BCUT2D eigenvalue weighted by Gasteiger charge is 2.16. The number of hydrogen-bond acceptors (Lipinski definition) is 3. The quantitative estimate of drug-likeness (QED) is 0.568. The zero-order valence-corrected chi connectivity index (χ0v) is 15.8. The van der Waals surface area contributed by atoms with E-state index in [0.717, 1.165) is 44.2 Å². The summed E-state index contributed by atoms with van der Waals surface area (Å²) in [4.78, 5) is 8.28. The number of aryl methyl sites for hydroxylation is 2.